The molecule has 3 N–H and O–H groups in total. The normalized spacial score (nSPS) is 14.4. The Hall–Kier alpha value is -2.03. The van der Waals surface area contributed by atoms with Gasteiger partial charge in [0, 0.05) is 37.4 Å². The summed E-state index contributed by atoms with van der Waals surface area (Å²) in [6.45, 7) is 1.97. The molecule has 1 aliphatic heterocycles. The van der Waals surface area contributed by atoms with Crippen LogP contribution in [0, 0.1) is 11.7 Å². The number of nitrogens with one attached hydrogen (secondary N) is 1. The zero-order chi connectivity index (χ0) is 19.2. The summed E-state index contributed by atoms with van der Waals surface area (Å²) in [7, 11) is 0. The van der Waals surface area contributed by atoms with E-state index >= 15 is 0 Å². The molecular weight excluding hydrogens is 403 g/mol. The first kappa shape index (κ1) is 22.3. The van der Waals surface area contributed by atoms with E-state index in [0.717, 1.165) is 10.6 Å². The molecule has 0 aliphatic carbocycles. The zero-order valence-electron chi connectivity index (χ0n) is 15.4. The molecular formula is C19H24ClFN4O2S. The number of rotatable bonds is 6. The maximum absolute atomic E-state index is 12.9. The fourth-order valence-electron chi connectivity index (χ4n) is 3.09. The average molecular weight is 427 g/mol. The molecule has 0 saturated carbocycles. The second-order valence-corrected chi connectivity index (χ2v) is 7.52. The van der Waals surface area contributed by atoms with Crippen LogP contribution < -0.4 is 11.1 Å². The summed E-state index contributed by atoms with van der Waals surface area (Å²) >= 11 is 1.45. The predicted molar refractivity (Wildman–Crippen MR) is 109 cm³/mol. The fraction of sp³-hybridized carbons (Fsp3) is 0.421. The van der Waals surface area contributed by atoms with Crippen LogP contribution in [-0.4, -0.2) is 41.3 Å². The highest BCUT2D eigenvalue weighted by atomic mass is 35.5. The molecule has 9 heteroatoms. The van der Waals surface area contributed by atoms with Crippen LogP contribution in [0.1, 0.15) is 33.9 Å². The van der Waals surface area contributed by atoms with Crippen molar-refractivity contribution in [3.63, 3.8) is 0 Å². The molecule has 3 rings (SSSR count). The smallest absolute Gasteiger partial charge is 0.273 e. The number of aromatic nitrogens is 1. The van der Waals surface area contributed by atoms with Gasteiger partial charge < -0.3 is 16.0 Å². The van der Waals surface area contributed by atoms with E-state index < -0.39 is 0 Å². The van der Waals surface area contributed by atoms with Crippen LogP contribution in [0.25, 0.3) is 0 Å². The van der Waals surface area contributed by atoms with Gasteiger partial charge in [-0.05, 0) is 37.1 Å². The SMILES string of the molecule is Cl.NCCc1nc(C(=O)N2CCC(C(=O)NCc3ccc(F)cc3)CC2)cs1. The minimum absolute atomic E-state index is 0. The van der Waals surface area contributed by atoms with E-state index in [4.69, 9.17) is 5.73 Å². The molecule has 1 aliphatic rings. The van der Waals surface area contributed by atoms with E-state index in [1.165, 1.54) is 23.5 Å². The number of thiazole rings is 1. The summed E-state index contributed by atoms with van der Waals surface area (Å²) in [5, 5.41) is 5.54. The number of hydrogen-bond donors (Lipinski definition) is 2. The topological polar surface area (TPSA) is 88.3 Å². The lowest BCUT2D eigenvalue weighted by Crippen LogP contribution is -2.43. The van der Waals surface area contributed by atoms with Crippen LogP contribution in [0.15, 0.2) is 29.6 Å². The zero-order valence-corrected chi connectivity index (χ0v) is 17.0. The third-order valence-electron chi connectivity index (χ3n) is 4.66. The lowest BCUT2D eigenvalue weighted by atomic mass is 9.95. The molecule has 2 aromatic rings. The van der Waals surface area contributed by atoms with E-state index in [1.54, 1.807) is 22.4 Å². The highest BCUT2D eigenvalue weighted by Gasteiger charge is 2.28. The summed E-state index contributed by atoms with van der Waals surface area (Å²) in [5.74, 6) is -0.514. The Morgan fingerprint density at radius 2 is 1.93 bits per heavy atom. The lowest BCUT2D eigenvalue weighted by Gasteiger charge is -2.31. The molecule has 1 saturated heterocycles. The van der Waals surface area contributed by atoms with Crippen molar-refractivity contribution in [2.75, 3.05) is 19.6 Å². The number of amides is 2. The molecule has 152 valence electrons. The number of carbonyl (C=O) groups excluding carboxylic acids is 2. The first-order valence-corrected chi connectivity index (χ1v) is 9.90. The van der Waals surface area contributed by atoms with Gasteiger partial charge in [0.1, 0.15) is 11.5 Å². The lowest BCUT2D eigenvalue weighted by molar-refractivity contribution is -0.126. The standard InChI is InChI=1S/C19H23FN4O2S.ClH/c20-15-3-1-13(2-4-15)11-22-18(25)14-6-9-24(10-7-14)19(26)16-12-27-17(23-16)5-8-21;/h1-4,12,14H,5-11,21H2,(H,22,25);1H. The van der Waals surface area contributed by atoms with E-state index in [1.807, 2.05) is 0 Å². The maximum atomic E-state index is 12.9. The molecule has 0 bridgehead atoms. The Balaban J connectivity index is 0.00000280. The van der Waals surface area contributed by atoms with Crippen molar-refractivity contribution in [1.82, 2.24) is 15.2 Å². The van der Waals surface area contributed by atoms with Crippen LogP contribution in [-0.2, 0) is 17.8 Å². The number of benzene rings is 1. The van der Waals surface area contributed by atoms with E-state index in [2.05, 4.69) is 10.3 Å². The van der Waals surface area contributed by atoms with Crippen molar-refractivity contribution in [3.05, 3.63) is 51.7 Å². The third kappa shape index (κ3) is 5.73. The van der Waals surface area contributed by atoms with Gasteiger partial charge in [-0.3, -0.25) is 9.59 Å². The van der Waals surface area contributed by atoms with Gasteiger partial charge in [0.05, 0.1) is 5.01 Å². The van der Waals surface area contributed by atoms with Crippen molar-refractivity contribution >= 4 is 35.6 Å². The van der Waals surface area contributed by atoms with Gasteiger partial charge in [-0.2, -0.15) is 0 Å². The molecule has 0 spiro atoms. The average Bonchev–Trinajstić information content (AvgIpc) is 3.16. The van der Waals surface area contributed by atoms with Gasteiger partial charge in [0.25, 0.3) is 5.91 Å². The number of piperidine rings is 1. The van der Waals surface area contributed by atoms with Crippen LogP contribution >= 0.6 is 23.7 Å². The third-order valence-corrected chi connectivity index (χ3v) is 5.57. The second kappa shape index (κ2) is 10.5. The number of nitrogens with two attached hydrogens (primary N) is 1. The molecule has 6 nitrogen and oxygen atoms in total. The summed E-state index contributed by atoms with van der Waals surface area (Å²) in [6.07, 6.45) is 1.93. The molecule has 0 atom stereocenters. The summed E-state index contributed by atoms with van der Waals surface area (Å²) in [4.78, 5) is 31.0. The number of likely N-dealkylation sites (tertiary alicyclic amines) is 1. The van der Waals surface area contributed by atoms with E-state index in [-0.39, 0.29) is 36.0 Å². The molecule has 0 unspecified atom stereocenters. The number of hydrogen-bond acceptors (Lipinski definition) is 5. The molecule has 0 radical (unpaired) electrons. The largest absolute Gasteiger partial charge is 0.352 e. The molecule has 1 aromatic carbocycles. The number of nitrogens with zero attached hydrogens (tertiary/aromatic N) is 2. The molecule has 2 heterocycles. The first-order chi connectivity index (χ1) is 13.1. The van der Waals surface area contributed by atoms with Crippen LogP contribution in [0.4, 0.5) is 4.39 Å². The Labute approximate surface area is 173 Å². The van der Waals surface area contributed by atoms with Gasteiger partial charge in [0.15, 0.2) is 0 Å². The predicted octanol–water partition coefficient (Wildman–Crippen LogP) is 2.37. The van der Waals surface area contributed by atoms with Gasteiger partial charge >= 0.3 is 0 Å². The van der Waals surface area contributed by atoms with Gasteiger partial charge in [-0.25, -0.2) is 9.37 Å². The summed E-state index contributed by atoms with van der Waals surface area (Å²) in [5.41, 5.74) is 6.83. The van der Waals surface area contributed by atoms with Crippen molar-refractivity contribution in [1.29, 1.82) is 0 Å². The summed E-state index contributed by atoms with van der Waals surface area (Å²) in [6, 6.07) is 6.07. The van der Waals surface area contributed by atoms with E-state index in [9.17, 15) is 14.0 Å². The Bertz CT molecular complexity index is 791. The van der Waals surface area contributed by atoms with Crippen molar-refractivity contribution < 1.29 is 14.0 Å². The van der Waals surface area contributed by atoms with Crippen LogP contribution in [0.5, 0.6) is 0 Å². The van der Waals surface area contributed by atoms with Crippen LogP contribution in [0.3, 0.4) is 0 Å². The van der Waals surface area contributed by atoms with Gasteiger partial charge in [0.2, 0.25) is 5.91 Å². The minimum atomic E-state index is -0.294. The maximum Gasteiger partial charge on any atom is 0.273 e. The molecule has 1 fully saturated rings. The van der Waals surface area contributed by atoms with E-state index in [0.29, 0.717) is 51.1 Å². The monoisotopic (exact) mass is 426 g/mol. The van der Waals surface area contributed by atoms with Crippen LogP contribution in [0.2, 0.25) is 0 Å². The quantitative estimate of drug-likeness (QED) is 0.742. The summed E-state index contributed by atoms with van der Waals surface area (Å²) < 4.78 is 12.9. The molecule has 1 aromatic heterocycles. The highest BCUT2D eigenvalue weighted by Crippen LogP contribution is 2.20. The Morgan fingerprint density at radius 3 is 2.57 bits per heavy atom. The van der Waals surface area contributed by atoms with Gasteiger partial charge in [-0.15, -0.1) is 23.7 Å². The van der Waals surface area contributed by atoms with Crippen molar-refractivity contribution in [2.45, 2.75) is 25.8 Å². The highest BCUT2D eigenvalue weighted by molar-refractivity contribution is 7.09. The Morgan fingerprint density at radius 1 is 1.25 bits per heavy atom. The van der Waals surface area contributed by atoms with Gasteiger partial charge in [-0.1, -0.05) is 12.1 Å². The molecule has 28 heavy (non-hydrogen) atoms. The van der Waals surface area contributed by atoms with Crippen molar-refractivity contribution in [2.24, 2.45) is 11.7 Å². The van der Waals surface area contributed by atoms with Crippen molar-refractivity contribution in [3.8, 4) is 0 Å². The second-order valence-electron chi connectivity index (χ2n) is 6.58. The number of halogens is 2. The molecule has 2 amide bonds. The fourth-order valence-corrected chi connectivity index (χ4v) is 3.88. The Kier molecular flexibility index (Phi) is 8.35. The minimum Gasteiger partial charge on any atom is -0.352 e. The first-order valence-electron chi connectivity index (χ1n) is 9.02. The number of carbonyl (C=O) groups is 2.